The van der Waals surface area contributed by atoms with E-state index in [0.717, 1.165) is 22.5 Å². The van der Waals surface area contributed by atoms with Crippen LogP contribution in [-0.4, -0.2) is 48.4 Å². The molecule has 1 N–H and O–H groups in total. The molecule has 0 fully saturated rings. The highest BCUT2D eigenvalue weighted by Crippen LogP contribution is 2.36. The molecular formula is C27H33FN2O5. The summed E-state index contributed by atoms with van der Waals surface area (Å²) in [5.41, 5.74) is 4.53. The van der Waals surface area contributed by atoms with Crippen LogP contribution in [-0.2, 0) is 19.2 Å². The first-order valence-corrected chi connectivity index (χ1v) is 11.4. The van der Waals surface area contributed by atoms with Crippen LogP contribution in [0.5, 0.6) is 0 Å². The number of Topliss-reactive ketones (excluding diaryl/α,β-unsaturated/α-hetero) is 1. The van der Waals surface area contributed by atoms with Gasteiger partial charge >= 0.3 is 5.97 Å². The highest BCUT2D eigenvalue weighted by molar-refractivity contribution is 5.97. The van der Waals surface area contributed by atoms with Crippen molar-refractivity contribution in [2.45, 2.75) is 58.5 Å². The van der Waals surface area contributed by atoms with Crippen molar-refractivity contribution in [1.82, 2.24) is 4.98 Å². The van der Waals surface area contributed by atoms with Gasteiger partial charge in [0.15, 0.2) is 0 Å². The minimum absolute atomic E-state index is 0.0258. The van der Waals surface area contributed by atoms with E-state index in [-0.39, 0.29) is 24.1 Å². The number of hydrogen-bond donors (Lipinski definition) is 1. The fourth-order valence-corrected chi connectivity index (χ4v) is 3.68. The Labute approximate surface area is 205 Å². The van der Waals surface area contributed by atoms with E-state index in [2.05, 4.69) is 9.89 Å². The second-order valence-corrected chi connectivity index (χ2v) is 8.74. The number of oxime groups is 1. The van der Waals surface area contributed by atoms with E-state index >= 15 is 0 Å². The Balaban J connectivity index is 2.70. The van der Waals surface area contributed by atoms with Crippen LogP contribution in [0.2, 0.25) is 0 Å². The maximum Gasteiger partial charge on any atom is 0.313 e. The summed E-state index contributed by atoms with van der Waals surface area (Å²) in [5, 5.41) is 14.4. The molecule has 2 aromatic rings. The largest absolute Gasteiger partial charge is 0.469 e. The molecule has 0 saturated carbocycles. The molecule has 1 aromatic heterocycles. The SMILES string of the molecule is CON=Cc1c(C(C)C)nc(C(C)C)c(/C=C/C(O)CC(=O)CC(=O)OC)c1-c1ccc(F)cc1. The van der Waals surface area contributed by atoms with Gasteiger partial charge in [0.25, 0.3) is 0 Å². The summed E-state index contributed by atoms with van der Waals surface area (Å²) in [6.07, 6.45) is 3.04. The van der Waals surface area contributed by atoms with Gasteiger partial charge in [-0.05, 0) is 29.5 Å². The molecule has 2 rings (SSSR count). The number of ether oxygens (including phenoxy) is 1. The summed E-state index contributed by atoms with van der Waals surface area (Å²) in [4.78, 5) is 33.3. The van der Waals surface area contributed by atoms with Crippen LogP contribution in [0.1, 0.15) is 74.9 Å². The van der Waals surface area contributed by atoms with E-state index in [0.29, 0.717) is 11.1 Å². The predicted molar refractivity (Wildman–Crippen MR) is 134 cm³/mol. The Morgan fingerprint density at radius 3 is 2.20 bits per heavy atom. The molecule has 0 bridgehead atoms. The summed E-state index contributed by atoms with van der Waals surface area (Å²) in [7, 11) is 2.65. The molecule has 0 amide bonds. The first-order valence-electron chi connectivity index (χ1n) is 11.4. The molecule has 7 nitrogen and oxygen atoms in total. The van der Waals surface area contributed by atoms with Crippen molar-refractivity contribution >= 4 is 24.0 Å². The minimum Gasteiger partial charge on any atom is -0.469 e. The number of hydrogen-bond acceptors (Lipinski definition) is 7. The van der Waals surface area contributed by atoms with Crippen molar-refractivity contribution in [3.63, 3.8) is 0 Å². The highest BCUT2D eigenvalue weighted by atomic mass is 19.1. The van der Waals surface area contributed by atoms with Gasteiger partial charge in [0.1, 0.15) is 25.1 Å². The number of carbonyl (C=O) groups is 2. The van der Waals surface area contributed by atoms with Crippen LogP contribution in [0.4, 0.5) is 4.39 Å². The van der Waals surface area contributed by atoms with Crippen molar-refractivity contribution in [1.29, 1.82) is 0 Å². The predicted octanol–water partition coefficient (Wildman–Crippen LogP) is 5.01. The molecule has 8 heteroatoms. The summed E-state index contributed by atoms with van der Waals surface area (Å²) in [6.45, 7) is 8.07. The number of carbonyl (C=O) groups excluding carboxylic acids is 2. The Hall–Kier alpha value is -3.39. The second kappa shape index (κ2) is 12.9. The van der Waals surface area contributed by atoms with Crippen LogP contribution in [0.15, 0.2) is 35.5 Å². The van der Waals surface area contributed by atoms with Gasteiger partial charge in [-0.25, -0.2) is 4.39 Å². The van der Waals surface area contributed by atoms with E-state index < -0.39 is 24.3 Å². The number of methoxy groups -OCH3 is 1. The number of aliphatic hydroxyl groups excluding tert-OH is 1. The number of aromatic nitrogens is 1. The first kappa shape index (κ1) is 27.9. The van der Waals surface area contributed by atoms with E-state index in [9.17, 15) is 19.1 Å². The zero-order chi connectivity index (χ0) is 26.1. The molecule has 1 unspecified atom stereocenters. The number of pyridine rings is 1. The van der Waals surface area contributed by atoms with Crippen molar-refractivity contribution < 1.29 is 28.7 Å². The quantitative estimate of drug-likeness (QED) is 0.208. The zero-order valence-electron chi connectivity index (χ0n) is 21.0. The number of ketones is 1. The number of rotatable bonds is 11. The lowest BCUT2D eigenvalue weighted by Crippen LogP contribution is -2.15. The number of nitrogens with zero attached hydrogens (tertiary/aromatic N) is 2. The molecule has 1 atom stereocenters. The highest BCUT2D eigenvalue weighted by Gasteiger charge is 2.22. The average molecular weight is 485 g/mol. The van der Waals surface area contributed by atoms with Crippen LogP contribution < -0.4 is 0 Å². The molecule has 0 aliphatic carbocycles. The number of esters is 1. The van der Waals surface area contributed by atoms with Gasteiger partial charge in [0, 0.05) is 23.1 Å². The van der Waals surface area contributed by atoms with Gasteiger partial charge in [0.05, 0.1) is 30.8 Å². The van der Waals surface area contributed by atoms with Gasteiger partial charge in [-0.15, -0.1) is 0 Å². The Bertz CT molecular complexity index is 1090. The molecule has 0 spiro atoms. The minimum atomic E-state index is -1.12. The summed E-state index contributed by atoms with van der Waals surface area (Å²) < 4.78 is 18.2. The topological polar surface area (TPSA) is 98.1 Å². The van der Waals surface area contributed by atoms with Crippen molar-refractivity contribution in [3.8, 4) is 11.1 Å². The summed E-state index contributed by atoms with van der Waals surface area (Å²) in [6, 6.07) is 6.11. The monoisotopic (exact) mass is 484 g/mol. The van der Waals surface area contributed by atoms with Gasteiger partial charge < -0.3 is 14.7 Å². The summed E-state index contributed by atoms with van der Waals surface area (Å²) in [5.74, 6) is -1.36. The number of halogens is 1. The molecule has 0 aliphatic rings. The molecule has 0 radical (unpaired) electrons. The standard InChI is InChI=1S/C27H33FN2O5/c1-16(2)26-22(12-11-20(31)13-21(32)14-24(33)34-5)25(18-7-9-19(28)10-8-18)23(15-29-35-6)27(30-26)17(3)4/h7-12,15-17,20,31H,13-14H2,1-6H3/b12-11+,29-15?. The fraction of sp³-hybridized carbons (Fsp3) is 0.407. The number of benzene rings is 1. The van der Waals surface area contributed by atoms with E-state index in [1.54, 1.807) is 24.4 Å². The van der Waals surface area contributed by atoms with E-state index in [1.165, 1.54) is 32.4 Å². The summed E-state index contributed by atoms with van der Waals surface area (Å²) >= 11 is 0. The van der Waals surface area contributed by atoms with E-state index in [1.807, 2.05) is 27.7 Å². The van der Waals surface area contributed by atoms with Crippen molar-refractivity contribution in [3.05, 3.63) is 58.7 Å². The molecule has 1 aromatic carbocycles. The molecule has 1 heterocycles. The maximum absolute atomic E-state index is 13.7. The van der Waals surface area contributed by atoms with E-state index in [4.69, 9.17) is 9.82 Å². The maximum atomic E-state index is 13.7. The lowest BCUT2D eigenvalue weighted by molar-refractivity contribution is -0.143. The third kappa shape index (κ3) is 7.55. The lowest BCUT2D eigenvalue weighted by Gasteiger charge is -2.22. The van der Waals surface area contributed by atoms with Crippen LogP contribution in [0.25, 0.3) is 17.2 Å². The first-order chi connectivity index (χ1) is 16.6. The van der Waals surface area contributed by atoms with Crippen molar-refractivity contribution in [2.75, 3.05) is 14.2 Å². The zero-order valence-corrected chi connectivity index (χ0v) is 21.0. The molecular weight excluding hydrogens is 451 g/mol. The average Bonchev–Trinajstić information content (AvgIpc) is 2.80. The van der Waals surface area contributed by atoms with Gasteiger partial charge in [-0.2, -0.15) is 0 Å². The van der Waals surface area contributed by atoms with Crippen LogP contribution in [0.3, 0.4) is 0 Å². The number of aliphatic hydroxyl groups is 1. The Kier molecular flexibility index (Phi) is 10.3. The third-order valence-corrected chi connectivity index (χ3v) is 5.34. The molecule has 188 valence electrons. The molecule has 35 heavy (non-hydrogen) atoms. The van der Waals surface area contributed by atoms with Crippen LogP contribution in [0, 0.1) is 5.82 Å². The Morgan fingerprint density at radius 1 is 1.06 bits per heavy atom. The van der Waals surface area contributed by atoms with Gasteiger partial charge in [-0.3, -0.25) is 14.6 Å². The van der Waals surface area contributed by atoms with Gasteiger partial charge in [-0.1, -0.05) is 57.1 Å². The fourth-order valence-electron chi connectivity index (χ4n) is 3.68. The Morgan fingerprint density at radius 2 is 1.66 bits per heavy atom. The third-order valence-electron chi connectivity index (χ3n) is 5.34. The normalized spacial score (nSPS) is 12.6. The van der Waals surface area contributed by atoms with Gasteiger partial charge in [0.2, 0.25) is 0 Å². The second-order valence-electron chi connectivity index (χ2n) is 8.74. The van der Waals surface area contributed by atoms with Crippen molar-refractivity contribution in [2.24, 2.45) is 5.16 Å². The molecule has 0 aliphatic heterocycles. The smallest absolute Gasteiger partial charge is 0.313 e. The van der Waals surface area contributed by atoms with Crippen LogP contribution >= 0.6 is 0 Å². The molecule has 0 saturated heterocycles. The lowest BCUT2D eigenvalue weighted by atomic mass is 9.87.